The second kappa shape index (κ2) is 12.9. The standard InChI is InChI=1S/C35H27ClF2N6O5/c36-24-14-29(33(45)43-35(18-39)7-8-35)40-15-21(24)17-49-32-3-1-2-27(42-32)23-13-25(37)20(10-26(23)38)12-31-41-28-5-4-19(34(46)47)11-30(28)44(31)16-22-6-9-48-22/h1-5,10-11,13-15,22H,6-9,12,16-17H2,(H,43,45)(H,46,47). The van der Waals surface area contributed by atoms with Crippen LogP contribution in [0, 0.1) is 23.0 Å². The van der Waals surface area contributed by atoms with E-state index in [1.807, 2.05) is 0 Å². The van der Waals surface area contributed by atoms with E-state index in [2.05, 4.69) is 26.3 Å². The topological polar surface area (TPSA) is 152 Å². The SMILES string of the molecule is N#CC1(NC(=O)c2cc(Cl)c(COc3cccc(-c4cc(F)c(Cc5nc6ccc(C(=O)O)cc6n5CC5CCO5)cc4F)n3)cn2)CC1. The second-order valence-corrected chi connectivity index (χ2v) is 12.4. The molecule has 1 saturated carbocycles. The van der Waals surface area contributed by atoms with Gasteiger partial charge in [0.15, 0.2) is 0 Å². The van der Waals surface area contributed by atoms with Crippen LogP contribution in [0.1, 0.15) is 57.1 Å². The molecule has 7 rings (SSSR count). The van der Waals surface area contributed by atoms with Crippen LogP contribution in [0.3, 0.4) is 0 Å². The number of imidazole rings is 1. The number of benzene rings is 2. The van der Waals surface area contributed by atoms with Gasteiger partial charge in [0, 0.05) is 36.4 Å². The number of pyridine rings is 2. The molecule has 1 atom stereocenters. The highest BCUT2D eigenvalue weighted by atomic mass is 35.5. The summed E-state index contributed by atoms with van der Waals surface area (Å²) in [6.45, 7) is 0.957. The van der Waals surface area contributed by atoms with Crippen molar-refractivity contribution >= 4 is 34.5 Å². The van der Waals surface area contributed by atoms with Crippen molar-refractivity contribution < 1.29 is 33.0 Å². The maximum atomic E-state index is 15.6. The Balaban J connectivity index is 1.08. The first-order chi connectivity index (χ1) is 23.6. The van der Waals surface area contributed by atoms with E-state index in [9.17, 15) is 20.0 Å². The number of carboxylic acids is 1. The number of amides is 1. The molecule has 2 aliphatic rings. The Kier molecular flexibility index (Phi) is 8.43. The van der Waals surface area contributed by atoms with E-state index in [1.54, 1.807) is 22.8 Å². The fraction of sp³-hybridized carbons (Fsp3) is 0.257. The highest BCUT2D eigenvalue weighted by Crippen LogP contribution is 2.35. The van der Waals surface area contributed by atoms with Crippen molar-refractivity contribution in [3.8, 4) is 23.2 Å². The molecule has 248 valence electrons. The zero-order chi connectivity index (χ0) is 34.3. The van der Waals surface area contributed by atoms with Crippen LogP contribution in [0.5, 0.6) is 5.88 Å². The first-order valence-corrected chi connectivity index (χ1v) is 15.8. The summed E-state index contributed by atoms with van der Waals surface area (Å²) in [6.07, 6.45) is 3.25. The van der Waals surface area contributed by atoms with Crippen LogP contribution in [-0.2, 0) is 24.3 Å². The molecule has 1 aliphatic heterocycles. The molecule has 5 aromatic rings. The van der Waals surface area contributed by atoms with E-state index in [0.29, 0.717) is 48.4 Å². The van der Waals surface area contributed by atoms with Crippen LogP contribution in [-0.4, -0.2) is 54.8 Å². The molecular formula is C35H27ClF2N6O5. The maximum Gasteiger partial charge on any atom is 0.335 e. The lowest BCUT2D eigenvalue weighted by molar-refractivity contribution is -0.0589. The number of carboxylic acid groups (broad SMARTS) is 1. The molecule has 14 heteroatoms. The zero-order valence-corrected chi connectivity index (χ0v) is 26.5. The normalized spacial score (nSPS) is 16.1. The Hall–Kier alpha value is -5.45. The van der Waals surface area contributed by atoms with E-state index in [-0.39, 0.29) is 58.1 Å². The molecule has 2 fully saturated rings. The van der Waals surface area contributed by atoms with E-state index in [1.165, 1.54) is 30.5 Å². The molecule has 1 aliphatic carbocycles. The van der Waals surface area contributed by atoms with Gasteiger partial charge in [-0.1, -0.05) is 17.7 Å². The molecule has 1 unspecified atom stereocenters. The van der Waals surface area contributed by atoms with Gasteiger partial charge in [0.1, 0.15) is 35.3 Å². The van der Waals surface area contributed by atoms with Crippen LogP contribution in [0.4, 0.5) is 8.78 Å². The molecule has 49 heavy (non-hydrogen) atoms. The van der Waals surface area contributed by atoms with E-state index in [0.717, 1.165) is 18.6 Å². The van der Waals surface area contributed by atoms with E-state index < -0.39 is 29.0 Å². The maximum absolute atomic E-state index is 15.6. The smallest absolute Gasteiger partial charge is 0.335 e. The van der Waals surface area contributed by atoms with Crippen molar-refractivity contribution in [2.45, 2.75) is 50.5 Å². The average molecular weight is 685 g/mol. The minimum absolute atomic E-state index is 0.0438. The number of fused-ring (bicyclic) bond motifs is 1. The number of aromatic nitrogens is 4. The number of hydrogen-bond donors (Lipinski definition) is 2. The number of aromatic carboxylic acids is 1. The lowest BCUT2D eigenvalue weighted by atomic mass is 10.0. The molecule has 3 aromatic heterocycles. The highest BCUT2D eigenvalue weighted by molar-refractivity contribution is 6.31. The quantitative estimate of drug-likeness (QED) is 0.174. The summed E-state index contributed by atoms with van der Waals surface area (Å²) in [5.41, 5.74) is 1.02. The van der Waals surface area contributed by atoms with Crippen molar-refractivity contribution in [1.82, 2.24) is 24.8 Å². The summed E-state index contributed by atoms with van der Waals surface area (Å²) >= 11 is 6.37. The second-order valence-electron chi connectivity index (χ2n) is 12.0. The Bertz CT molecular complexity index is 2180. The van der Waals surface area contributed by atoms with Crippen molar-refractivity contribution in [2.24, 2.45) is 0 Å². The van der Waals surface area contributed by atoms with Gasteiger partial charge in [-0.25, -0.2) is 23.5 Å². The number of hydrogen-bond acceptors (Lipinski definition) is 8. The predicted molar refractivity (Wildman–Crippen MR) is 172 cm³/mol. The zero-order valence-electron chi connectivity index (χ0n) is 25.8. The summed E-state index contributed by atoms with van der Waals surface area (Å²) in [6, 6.07) is 14.9. The van der Waals surface area contributed by atoms with Gasteiger partial charge in [-0.15, -0.1) is 0 Å². The third-order valence-electron chi connectivity index (χ3n) is 8.59. The third kappa shape index (κ3) is 6.65. The number of nitrogens with one attached hydrogen (secondary N) is 1. The van der Waals surface area contributed by atoms with Gasteiger partial charge in [-0.2, -0.15) is 5.26 Å². The number of ether oxygens (including phenoxy) is 2. The van der Waals surface area contributed by atoms with Gasteiger partial charge in [0.2, 0.25) is 5.88 Å². The summed E-state index contributed by atoms with van der Waals surface area (Å²) in [5.74, 6) is -2.38. The number of nitriles is 1. The summed E-state index contributed by atoms with van der Waals surface area (Å²) in [5, 5.41) is 21.6. The van der Waals surface area contributed by atoms with Gasteiger partial charge in [0.05, 0.1) is 46.0 Å². The monoisotopic (exact) mass is 684 g/mol. The van der Waals surface area contributed by atoms with Crippen molar-refractivity contribution in [3.63, 3.8) is 0 Å². The molecule has 0 radical (unpaired) electrons. The fourth-order valence-corrected chi connectivity index (χ4v) is 5.73. The summed E-state index contributed by atoms with van der Waals surface area (Å²) in [7, 11) is 0. The molecule has 1 saturated heterocycles. The Morgan fingerprint density at radius 2 is 1.94 bits per heavy atom. The van der Waals surface area contributed by atoms with Crippen LogP contribution in [0.25, 0.3) is 22.3 Å². The molecule has 1 amide bonds. The fourth-order valence-electron chi connectivity index (χ4n) is 5.52. The van der Waals surface area contributed by atoms with E-state index >= 15 is 8.78 Å². The van der Waals surface area contributed by atoms with Gasteiger partial charge in [-0.3, -0.25) is 9.78 Å². The Labute approximate surface area is 283 Å². The van der Waals surface area contributed by atoms with Gasteiger partial charge in [0.25, 0.3) is 5.91 Å². The molecule has 0 bridgehead atoms. The van der Waals surface area contributed by atoms with Crippen LogP contribution < -0.4 is 10.1 Å². The van der Waals surface area contributed by atoms with Crippen LogP contribution in [0.15, 0.2) is 60.8 Å². The predicted octanol–water partition coefficient (Wildman–Crippen LogP) is 5.87. The van der Waals surface area contributed by atoms with Crippen LogP contribution in [0.2, 0.25) is 5.02 Å². The van der Waals surface area contributed by atoms with Crippen LogP contribution >= 0.6 is 11.6 Å². The minimum Gasteiger partial charge on any atom is -0.478 e. The molecule has 0 spiro atoms. The number of carbonyl (C=O) groups is 2. The number of halogens is 3. The number of rotatable bonds is 11. The van der Waals surface area contributed by atoms with Gasteiger partial charge in [-0.05, 0) is 67.3 Å². The lowest BCUT2D eigenvalue weighted by Crippen LogP contribution is -2.36. The van der Waals surface area contributed by atoms with Crippen molar-refractivity contribution in [1.29, 1.82) is 5.26 Å². The first kappa shape index (κ1) is 32.1. The van der Waals surface area contributed by atoms with Crippen molar-refractivity contribution in [2.75, 3.05) is 6.61 Å². The van der Waals surface area contributed by atoms with Gasteiger partial charge >= 0.3 is 5.97 Å². The summed E-state index contributed by atoms with van der Waals surface area (Å²) < 4.78 is 44.3. The Morgan fingerprint density at radius 3 is 2.63 bits per heavy atom. The molecule has 2 aromatic carbocycles. The highest BCUT2D eigenvalue weighted by Gasteiger charge is 2.45. The molecule has 11 nitrogen and oxygen atoms in total. The lowest BCUT2D eigenvalue weighted by Gasteiger charge is -2.27. The van der Waals surface area contributed by atoms with E-state index in [4.69, 9.17) is 21.1 Å². The van der Waals surface area contributed by atoms with Crippen molar-refractivity contribution in [3.05, 3.63) is 106 Å². The van der Waals surface area contributed by atoms with Gasteiger partial charge < -0.3 is 24.5 Å². The number of carbonyl (C=O) groups excluding carboxylic acids is 1. The Morgan fingerprint density at radius 1 is 1.12 bits per heavy atom. The third-order valence-corrected chi connectivity index (χ3v) is 8.94. The molecule has 2 N–H and O–H groups in total. The largest absolute Gasteiger partial charge is 0.478 e. The minimum atomic E-state index is -1.08. The number of nitrogens with zero attached hydrogens (tertiary/aromatic N) is 5. The summed E-state index contributed by atoms with van der Waals surface area (Å²) in [4.78, 5) is 37.2. The molecular weight excluding hydrogens is 658 g/mol. The molecule has 4 heterocycles. The first-order valence-electron chi connectivity index (χ1n) is 15.4. The average Bonchev–Trinajstić information content (AvgIpc) is 3.76.